The van der Waals surface area contributed by atoms with E-state index in [1.165, 1.54) is 0 Å². The van der Waals surface area contributed by atoms with Gasteiger partial charge >= 0.3 is 5.97 Å². The summed E-state index contributed by atoms with van der Waals surface area (Å²) in [7, 11) is -3.05. The van der Waals surface area contributed by atoms with E-state index in [-0.39, 0.29) is 36.9 Å². The quantitative estimate of drug-likeness (QED) is 0.860. The highest BCUT2D eigenvalue weighted by Gasteiger charge is 2.44. The van der Waals surface area contributed by atoms with E-state index >= 15 is 0 Å². The number of esters is 1. The van der Waals surface area contributed by atoms with Gasteiger partial charge in [-0.25, -0.2) is 13.2 Å². The van der Waals surface area contributed by atoms with Crippen LogP contribution in [0.15, 0.2) is 24.3 Å². The van der Waals surface area contributed by atoms with Crippen molar-refractivity contribution in [1.82, 2.24) is 0 Å². The summed E-state index contributed by atoms with van der Waals surface area (Å²) in [4.78, 5) is 12.3. The Bertz CT molecular complexity index is 593. The summed E-state index contributed by atoms with van der Waals surface area (Å²) in [6, 6.07) is 7.67. The first-order valence-corrected chi connectivity index (χ1v) is 8.91. The summed E-state index contributed by atoms with van der Waals surface area (Å²) in [5.74, 6) is -0.365. The summed E-state index contributed by atoms with van der Waals surface area (Å²) in [6.07, 6.45) is 0.476. The van der Waals surface area contributed by atoms with Gasteiger partial charge in [0.15, 0.2) is 9.84 Å². The molecule has 0 atom stereocenters. The molecule has 1 aromatic carbocycles. The molecule has 0 aliphatic carbocycles. The van der Waals surface area contributed by atoms with Gasteiger partial charge in [0.1, 0.15) is 5.54 Å². The molecule has 1 aliphatic rings. The molecule has 5 nitrogen and oxygen atoms in total. The molecule has 116 valence electrons. The SMILES string of the molecule is CCOC(=O)C1(Nc2ccc(C)cc2)CCS(=O)(=O)CC1. The predicted molar refractivity (Wildman–Crippen MR) is 82.1 cm³/mol. The third-order valence-corrected chi connectivity index (χ3v) is 5.43. The minimum atomic E-state index is -3.05. The fourth-order valence-corrected chi connectivity index (χ4v) is 3.97. The Kier molecular flexibility index (Phi) is 4.56. The minimum absolute atomic E-state index is 0.00464. The van der Waals surface area contributed by atoms with Crippen molar-refractivity contribution in [3.8, 4) is 0 Å². The average Bonchev–Trinajstić information content (AvgIpc) is 2.44. The molecule has 1 saturated heterocycles. The average molecular weight is 311 g/mol. The molecular formula is C15H21NO4S. The van der Waals surface area contributed by atoms with E-state index in [4.69, 9.17) is 4.74 Å². The Morgan fingerprint density at radius 2 is 1.81 bits per heavy atom. The minimum Gasteiger partial charge on any atom is -0.464 e. The van der Waals surface area contributed by atoms with Gasteiger partial charge in [0.2, 0.25) is 0 Å². The molecule has 21 heavy (non-hydrogen) atoms. The summed E-state index contributed by atoms with van der Waals surface area (Å²) in [5.41, 5.74) is 0.973. The number of nitrogens with one attached hydrogen (secondary N) is 1. The van der Waals surface area contributed by atoms with Crippen molar-refractivity contribution in [2.75, 3.05) is 23.4 Å². The van der Waals surface area contributed by atoms with E-state index in [1.807, 2.05) is 31.2 Å². The molecule has 0 aromatic heterocycles. The molecule has 0 bridgehead atoms. The van der Waals surface area contributed by atoms with Gasteiger partial charge in [-0.1, -0.05) is 17.7 Å². The lowest BCUT2D eigenvalue weighted by molar-refractivity contribution is -0.148. The van der Waals surface area contributed by atoms with Crippen LogP contribution in [-0.2, 0) is 19.4 Å². The van der Waals surface area contributed by atoms with Crippen LogP contribution < -0.4 is 5.32 Å². The number of carbonyl (C=O) groups is 1. The lowest BCUT2D eigenvalue weighted by Gasteiger charge is -2.36. The van der Waals surface area contributed by atoms with Crippen LogP contribution >= 0.6 is 0 Å². The van der Waals surface area contributed by atoms with Crippen molar-refractivity contribution in [1.29, 1.82) is 0 Å². The molecule has 1 aliphatic heterocycles. The van der Waals surface area contributed by atoms with E-state index < -0.39 is 15.4 Å². The summed E-state index contributed by atoms with van der Waals surface area (Å²) in [5, 5.41) is 3.20. The maximum atomic E-state index is 12.3. The summed E-state index contributed by atoms with van der Waals surface area (Å²) in [6.45, 7) is 4.01. The monoisotopic (exact) mass is 311 g/mol. The molecule has 0 saturated carbocycles. The number of sulfone groups is 1. The molecule has 1 fully saturated rings. The second-order valence-electron chi connectivity index (χ2n) is 5.45. The van der Waals surface area contributed by atoms with Gasteiger partial charge in [-0.2, -0.15) is 0 Å². The number of benzene rings is 1. The topological polar surface area (TPSA) is 72.5 Å². The van der Waals surface area contributed by atoms with Crippen molar-refractivity contribution >= 4 is 21.5 Å². The normalized spacial score (nSPS) is 19.7. The molecule has 0 radical (unpaired) electrons. The predicted octanol–water partition coefficient (Wildman–Crippen LogP) is 1.92. The Balaban J connectivity index is 2.24. The molecule has 6 heteroatoms. The second-order valence-corrected chi connectivity index (χ2v) is 7.75. The molecule has 2 rings (SSSR count). The van der Waals surface area contributed by atoms with E-state index in [2.05, 4.69) is 5.32 Å². The maximum Gasteiger partial charge on any atom is 0.331 e. The van der Waals surface area contributed by atoms with Crippen LogP contribution in [-0.4, -0.2) is 38.0 Å². The first-order valence-electron chi connectivity index (χ1n) is 7.09. The van der Waals surface area contributed by atoms with Crippen molar-refractivity contribution in [2.24, 2.45) is 0 Å². The van der Waals surface area contributed by atoms with Crippen LogP contribution in [0.25, 0.3) is 0 Å². The number of hydrogen-bond acceptors (Lipinski definition) is 5. The summed E-state index contributed by atoms with van der Waals surface area (Å²) < 4.78 is 28.4. The molecule has 0 amide bonds. The Labute approximate surface area is 125 Å². The van der Waals surface area contributed by atoms with Crippen LogP contribution in [0.4, 0.5) is 5.69 Å². The van der Waals surface area contributed by atoms with E-state index in [1.54, 1.807) is 6.92 Å². The second kappa shape index (κ2) is 6.05. The van der Waals surface area contributed by atoms with Gasteiger partial charge < -0.3 is 10.1 Å². The number of aryl methyl sites for hydroxylation is 1. The van der Waals surface area contributed by atoms with Crippen molar-refractivity contribution < 1.29 is 17.9 Å². The van der Waals surface area contributed by atoms with Crippen LogP contribution in [0.1, 0.15) is 25.3 Å². The van der Waals surface area contributed by atoms with Gasteiger partial charge in [0, 0.05) is 5.69 Å². The summed E-state index contributed by atoms with van der Waals surface area (Å²) >= 11 is 0. The zero-order valence-electron chi connectivity index (χ0n) is 12.4. The molecule has 1 N–H and O–H groups in total. The third-order valence-electron chi connectivity index (χ3n) is 3.78. The van der Waals surface area contributed by atoms with E-state index in [0.29, 0.717) is 0 Å². The van der Waals surface area contributed by atoms with Gasteiger partial charge in [-0.05, 0) is 38.8 Å². The Morgan fingerprint density at radius 1 is 1.24 bits per heavy atom. The van der Waals surface area contributed by atoms with Crippen molar-refractivity contribution in [2.45, 2.75) is 32.2 Å². The lowest BCUT2D eigenvalue weighted by atomic mass is 9.91. The van der Waals surface area contributed by atoms with E-state index in [9.17, 15) is 13.2 Å². The van der Waals surface area contributed by atoms with Gasteiger partial charge in [0.05, 0.1) is 18.1 Å². The first kappa shape index (κ1) is 15.8. The number of hydrogen-bond donors (Lipinski definition) is 1. The zero-order chi connectivity index (χ0) is 15.5. The van der Waals surface area contributed by atoms with Gasteiger partial charge in [-0.3, -0.25) is 0 Å². The molecule has 1 aromatic rings. The van der Waals surface area contributed by atoms with Crippen LogP contribution in [0.3, 0.4) is 0 Å². The fourth-order valence-electron chi connectivity index (χ4n) is 2.45. The Hall–Kier alpha value is -1.56. The van der Waals surface area contributed by atoms with Crippen LogP contribution in [0.5, 0.6) is 0 Å². The molecule has 0 unspecified atom stereocenters. The molecular weight excluding hydrogens is 290 g/mol. The van der Waals surface area contributed by atoms with Crippen LogP contribution in [0, 0.1) is 6.92 Å². The Morgan fingerprint density at radius 3 is 2.33 bits per heavy atom. The largest absolute Gasteiger partial charge is 0.464 e. The maximum absolute atomic E-state index is 12.3. The zero-order valence-corrected chi connectivity index (χ0v) is 13.2. The van der Waals surface area contributed by atoms with Gasteiger partial charge in [-0.15, -0.1) is 0 Å². The number of carbonyl (C=O) groups excluding carboxylic acids is 1. The fraction of sp³-hybridized carbons (Fsp3) is 0.533. The highest BCUT2D eigenvalue weighted by molar-refractivity contribution is 7.91. The number of rotatable bonds is 4. The highest BCUT2D eigenvalue weighted by Crippen LogP contribution is 2.29. The number of ether oxygens (including phenoxy) is 1. The van der Waals surface area contributed by atoms with E-state index in [0.717, 1.165) is 11.3 Å². The van der Waals surface area contributed by atoms with Crippen LogP contribution in [0.2, 0.25) is 0 Å². The first-order chi connectivity index (χ1) is 9.87. The molecule has 0 spiro atoms. The third kappa shape index (κ3) is 3.75. The standard InChI is InChI=1S/C15H21NO4S/c1-3-20-14(17)15(8-10-21(18,19)11-9-15)16-13-6-4-12(2)5-7-13/h4-7,16H,3,8-11H2,1-2H3. The van der Waals surface area contributed by atoms with Crippen molar-refractivity contribution in [3.05, 3.63) is 29.8 Å². The number of anilines is 1. The molecule has 1 heterocycles. The van der Waals surface area contributed by atoms with Gasteiger partial charge in [0.25, 0.3) is 0 Å². The lowest BCUT2D eigenvalue weighted by Crippen LogP contribution is -2.52. The van der Waals surface area contributed by atoms with Crippen molar-refractivity contribution in [3.63, 3.8) is 0 Å². The highest BCUT2D eigenvalue weighted by atomic mass is 32.2. The smallest absolute Gasteiger partial charge is 0.331 e.